The first-order chi connectivity index (χ1) is 13.5. The first-order valence-corrected chi connectivity index (χ1v) is 10.0. The van der Waals surface area contributed by atoms with E-state index in [0.29, 0.717) is 18.2 Å². The smallest absolute Gasteiger partial charge is 0.341 e. The Balaban J connectivity index is 1.55. The molecule has 0 bridgehead atoms. The molecule has 1 aliphatic carbocycles. The number of anilines is 1. The predicted molar refractivity (Wildman–Crippen MR) is 110 cm³/mol. The summed E-state index contributed by atoms with van der Waals surface area (Å²) in [6, 6.07) is 10.4. The van der Waals surface area contributed by atoms with E-state index in [1.54, 1.807) is 0 Å². The fourth-order valence-electron chi connectivity index (χ4n) is 4.85. The van der Waals surface area contributed by atoms with Crippen molar-refractivity contribution in [3.63, 3.8) is 0 Å². The molecule has 1 aromatic carbocycles. The largest absolute Gasteiger partial charge is 0.477 e. The van der Waals surface area contributed by atoms with Crippen LogP contribution in [0.25, 0.3) is 11.3 Å². The van der Waals surface area contributed by atoms with Gasteiger partial charge in [-0.05, 0) is 67.5 Å². The van der Waals surface area contributed by atoms with Gasteiger partial charge in [0.1, 0.15) is 5.56 Å². The highest BCUT2D eigenvalue weighted by atomic mass is 16.4. The number of rotatable bonds is 5. The summed E-state index contributed by atoms with van der Waals surface area (Å²) < 4.78 is 0. The molecule has 1 aliphatic heterocycles. The number of pyridine rings is 1. The molecule has 2 fully saturated rings. The van der Waals surface area contributed by atoms with Crippen LogP contribution in [-0.4, -0.2) is 42.2 Å². The monoisotopic (exact) mass is 381 g/mol. The van der Waals surface area contributed by atoms with Crippen LogP contribution in [0.5, 0.6) is 0 Å². The number of carbonyl (C=O) groups is 1. The number of nitrogens with one attached hydrogen (secondary N) is 2. The summed E-state index contributed by atoms with van der Waals surface area (Å²) in [4.78, 5) is 28.6. The van der Waals surface area contributed by atoms with E-state index in [-0.39, 0.29) is 5.56 Å². The Morgan fingerprint density at radius 1 is 1.21 bits per heavy atom. The van der Waals surface area contributed by atoms with Crippen LogP contribution in [0.3, 0.4) is 0 Å². The second kappa shape index (κ2) is 7.43. The Morgan fingerprint density at radius 3 is 2.39 bits per heavy atom. The zero-order valence-electron chi connectivity index (χ0n) is 16.4. The topological polar surface area (TPSA) is 85.4 Å². The number of hydrogen-bond donors (Lipinski definition) is 3. The summed E-state index contributed by atoms with van der Waals surface area (Å²) in [6.07, 6.45) is 3.16. The van der Waals surface area contributed by atoms with Crippen LogP contribution in [0, 0.1) is 11.8 Å². The lowest BCUT2D eigenvalue weighted by Gasteiger charge is -2.21. The number of aromatic nitrogens is 1. The van der Waals surface area contributed by atoms with E-state index in [2.05, 4.69) is 34.4 Å². The van der Waals surface area contributed by atoms with Crippen molar-refractivity contribution in [2.24, 2.45) is 11.8 Å². The summed E-state index contributed by atoms with van der Waals surface area (Å²) in [5, 5.41) is 12.6. The fraction of sp³-hybridized carbons (Fsp3) is 0.455. The van der Waals surface area contributed by atoms with Gasteiger partial charge in [-0.2, -0.15) is 0 Å². The van der Waals surface area contributed by atoms with Crippen molar-refractivity contribution < 1.29 is 9.90 Å². The molecule has 28 heavy (non-hydrogen) atoms. The van der Waals surface area contributed by atoms with E-state index in [9.17, 15) is 14.7 Å². The normalized spacial score (nSPS) is 23.8. The molecule has 2 aliphatic rings. The lowest BCUT2D eigenvalue weighted by Crippen LogP contribution is -2.27. The standard InChI is InChI=1S/C22H27N3O3/c1-3-13-10-19(22(27)28)21(26)24-20(13)14-4-6-18(7-5-14)25-11-15-8-17(23-2)9-16(15)12-25/h4-7,10,15-17,23H,3,8-9,11-12H2,1-2H3,(H,24,26)(H,27,28)/t15-,16+,17-. The summed E-state index contributed by atoms with van der Waals surface area (Å²) in [5.74, 6) is 0.338. The first kappa shape index (κ1) is 18.7. The van der Waals surface area contributed by atoms with E-state index in [4.69, 9.17) is 0 Å². The quantitative estimate of drug-likeness (QED) is 0.742. The van der Waals surface area contributed by atoms with Crippen molar-refractivity contribution in [3.05, 3.63) is 51.8 Å². The molecule has 0 unspecified atom stereocenters. The predicted octanol–water partition coefficient (Wildman–Crippen LogP) is 2.74. The maximum atomic E-state index is 12.1. The van der Waals surface area contributed by atoms with Gasteiger partial charge < -0.3 is 20.3 Å². The lowest BCUT2D eigenvalue weighted by molar-refractivity contribution is 0.0695. The molecule has 1 saturated carbocycles. The molecule has 3 N–H and O–H groups in total. The van der Waals surface area contributed by atoms with Gasteiger partial charge in [0.15, 0.2) is 0 Å². The zero-order chi connectivity index (χ0) is 19.8. The molecule has 148 valence electrons. The van der Waals surface area contributed by atoms with Crippen LogP contribution in [0.2, 0.25) is 0 Å². The second-order valence-electron chi connectivity index (χ2n) is 8.00. The minimum absolute atomic E-state index is 0.208. The second-order valence-corrected chi connectivity index (χ2v) is 8.00. The SMILES string of the molecule is CCc1cc(C(=O)O)c(=O)[nH]c1-c1ccc(N2C[C@H]3C[C@@H](NC)C[C@H]3C2)cc1. The van der Waals surface area contributed by atoms with Gasteiger partial charge in [-0.15, -0.1) is 0 Å². The Kier molecular flexibility index (Phi) is 4.98. The van der Waals surface area contributed by atoms with Gasteiger partial charge in [0, 0.05) is 24.8 Å². The maximum Gasteiger partial charge on any atom is 0.341 e. The summed E-state index contributed by atoms with van der Waals surface area (Å²) in [6.45, 7) is 4.16. The number of aromatic carboxylic acids is 1. The number of hydrogen-bond acceptors (Lipinski definition) is 4. The summed E-state index contributed by atoms with van der Waals surface area (Å²) in [7, 11) is 2.06. The van der Waals surface area contributed by atoms with Gasteiger partial charge in [0.25, 0.3) is 5.56 Å². The highest BCUT2D eigenvalue weighted by molar-refractivity contribution is 5.88. The highest BCUT2D eigenvalue weighted by Crippen LogP contribution is 2.40. The van der Waals surface area contributed by atoms with E-state index in [1.165, 1.54) is 24.6 Å². The van der Waals surface area contributed by atoms with E-state index >= 15 is 0 Å². The number of benzene rings is 1. The summed E-state index contributed by atoms with van der Waals surface area (Å²) in [5.41, 5.74) is 2.89. The van der Waals surface area contributed by atoms with Gasteiger partial charge in [-0.25, -0.2) is 4.79 Å². The number of carboxylic acid groups (broad SMARTS) is 1. The maximum absolute atomic E-state index is 12.1. The van der Waals surface area contributed by atoms with Gasteiger partial charge in [-0.1, -0.05) is 19.1 Å². The average molecular weight is 381 g/mol. The molecule has 3 atom stereocenters. The van der Waals surface area contributed by atoms with Crippen LogP contribution in [-0.2, 0) is 6.42 Å². The van der Waals surface area contributed by atoms with Crippen molar-refractivity contribution in [3.8, 4) is 11.3 Å². The van der Waals surface area contributed by atoms with Crippen LogP contribution < -0.4 is 15.8 Å². The van der Waals surface area contributed by atoms with Crippen molar-refractivity contribution in [1.29, 1.82) is 0 Å². The zero-order valence-corrected chi connectivity index (χ0v) is 16.4. The molecule has 0 amide bonds. The average Bonchev–Trinajstić information content (AvgIpc) is 3.26. The van der Waals surface area contributed by atoms with E-state index < -0.39 is 11.5 Å². The molecule has 1 aromatic heterocycles. The molecule has 4 rings (SSSR count). The molecule has 0 spiro atoms. The Morgan fingerprint density at radius 2 is 1.86 bits per heavy atom. The minimum atomic E-state index is -1.20. The van der Waals surface area contributed by atoms with Crippen molar-refractivity contribution in [2.45, 2.75) is 32.2 Å². The Labute approximate surface area is 164 Å². The number of aryl methyl sites for hydroxylation is 1. The highest BCUT2D eigenvalue weighted by Gasteiger charge is 2.40. The first-order valence-electron chi connectivity index (χ1n) is 10.0. The van der Waals surface area contributed by atoms with E-state index in [0.717, 1.165) is 36.1 Å². The third-order valence-corrected chi connectivity index (χ3v) is 6.41. The van der Waals surface area contributed by atoms with Crippen LogP contribution in [0.4, 0.5) is 5.69 Å². The minimum Gasteiger partial charge on any atom is -0.477 e. The molecular formula is C22H27N3O3. The Hall–Kier alpha value is -2.60. The number of fused-ring (bicyclic) bond motifs is 1. The van der Waals surface area contributed by atoms with Crippen LogP contribution >= 0.6 is 0 Å². The number of carboxylic acids is 1. The number of aromatic amines is 1. The number of nitrogens with zero attached hydrogens (tertiary/aromatic N) is 1. The molecule has 2 heterocycles. The Bertz CT molecular complexity index is 921. The third kappa shape index (κ3) is 3.33. The molecule has 1 saturated heterocycles. The fourth-order valence-corrected chi connectivity index (χ4v) is 4.85. The molecule has 0 radical (unpaired) electrons. The molecule has 6 nitrogen and oxygen atoms in total. The van der Waals surface area contributed by atoms with Gasteiger partial charge in [0.2, 0.25) is 0 Å². The van der Waals surface area contributed by atoms with Crippen molar-refractivity contribution >= 4 is 11.7 Å². The summed E-state index contributed by atoms with van der Waals surface area (Å²) >= 11 is 0. The van der Waals surface area contributed by atoms with Crippen molar-refractivity contribution in [2.75, 3.05) is 25.0 Å². The van der Waals surface area contributed by atoms with Crippen molar-refractivity contribution in [1.82, 2.24) is 10.3 Å². The van der Waals surface area contributed by atoms with Gasteiger partial charge >= 0.3 is 5.97 Å². The lowest BCUT2D eigenvalue weighted by atomic mass is 10.0. The number of H-pyrrole nitrogens is 1. The van der Waals surface area contributed by atoms with Gasteiger partial charge in [0.05, 0.1) is 5.69 Å². The van der Waals surface area contributed by atoms with Crippen LogP contribution in [0.15, 0.2) is 35.1 Å². The molecule has 6 heteroatoms. The molecular weight excluding hydrogens is 354 g/mol. The third-order valence-electron chi connectivity index (χ3n) is 6.41. The molecule has 2 aromatic rings. The van der Waals surface area contributed by atoms with Crippen LogP contribution in [0.1, 0.15) is 35.7 Å². The van der Waals surface area contributed by atoms with Gasteiger partial charge in [-0.3, -0.25) is 4.79 Å². The van der Waals surface area contributed by atoms with E-state index in [1.807, 2.05) is 19.1 Å².